The Morgan fingerprint density at radius 2 is 2.11 bits per heavy atom. The molecule has 1 heterocycles. The largest absolute Gasteiger partial charge is 0.316 e. The van der Waals surface area contributed by atoms with Crippen LogP contribution in [0.1, 0.15) is 45.2 Å². The predicted molar refractivity (Wildman–Crippen MR) is 79.0 cm³/mol. The second-order valence-corrected chi connectivity index (χ2v) is 6.76. The lowest BCUT2D eigenvalue weighted by atomic mass is 9.87. The fourth-order valence-corrected chi connectivity index (χ4v) is 3.57. The van der Waals surface area contributed by atoms with E-state index in [9.17, 15) is 0 Å². The maximum absolute atomic E-state index is 4.46. The summed E-state index contributed by atoms with van der Waals surface area (Å²) in [6.07, 6.45) is 6.89. The van der Waals surface area contributed by atoms with Gasteiger partial charge in [-0.05, 0) is 37.3 Å². The van der Waals surface area contributed by atoms with Gasteiger partial charge in [0, 0.05) is 5.38 Å². The van der Waals surface area contributed by atoms with E-state index < -0.39 is 0 Å². The number of nitrogens with one attached hydrogen (secondary N) is 1. The van der Waals surface area contributed by atoms with Crippen molar-refractivity contribution in [1.82, 2.24) is 10.3 Å². The number of aromatic nitrogens is 1. The van der Waals surface area contributed by atoms with E-state index in [2.05, 4.69) is 29.5 Å². The number of rotatable bonds is 7. The van der Waals surface area contributed by atoms with Crippen LogP contribution in [0.15, 0.2) is 10.9 Å². The van der Waals surface area contributed by atoms with Gasteiger partial charge in [-0.3, -0.25) is 0 Å². The molecule has 0 spiro atoms. The maximum Gasteiger partial charge on any atom is 0.0794 e. The molecule has 1 atom stereocenters. The summed E-state index contributed by atoms with van der Waals surface area (Å²) in [5.74, 6) is 2.45. The van der Waals surface area contributed by atoms with Crippen molar-refractivity contribution >= 4 is 11.3 Å². The minimum atomic E-state index is 0.744. The molecular weight excluding hydrogens is 240 g/mol. The Kier molecular flexibility index (Phi) is 5.64. The monoisotopic (exact) mass is 266 g/mol. The molecule has 1 aromatic rings. The molecule has 0 radical (unpaired) electrons. The molecule has 1 N–H and O–H groups in total. The Hall–Kier alpha value is -0.410. The second-order valence-electron chi connectivity index (χ2n) is 6.04. The zero-order valence-electron chi connectivity index (χ0n) is 11.7. The van der Waals surface area contributed by atoms with E-state index in [0.29, 0.717) is 0 Å². The molecule has 1 aromatic heterocycles. The Balaban J connectivity index is 1.85. The number of hydrogen-bond acceptors (Lipinski definition) is 3. The third kappa shape index (κ3) is 4.36. The molecule has 1 aliphatic carbocycles. The molecule has 2 nitrogen and oxygen atoms in total. The number of hydrogen-bond donors (Lipinski definition) is 1. The number of nitrogens with zero attached hydrogens (tertiary/aromatic N) is 1. The van der Waals surface area contributed by atoms with Gasteiger partial charge in [-0.2, -0.15) is 0 Å². The second kappa shape index (κ2) is 7.25. The molecule has 0 bridgehead atoms. The zero-order chi connectivity index (χ0) is 12.8. The van der Waals surface area contributed by atoms with Gasteiger partial charge in [0.15, 0.2) is 0 Å². The van der Waals surface area contributed by atoms with Crippen molar-refractivity contribution in [2.45, 2.75) is 46.0 Å². The molecule has 2 rings (SSSR count). The lowest BCUT2D eigenvalue weighted by molar-refractivity contribution is 0.314. The summed E-state index contributed by atoms with van der Waals surface area (Å²) < 4.78 is 0. The average Bonchev–Trinajstić information content (AvgIpc) is 3.00. The van der Waals surface area contributed by atoms with Crippen molar-refractivity contribution in [3.63, 3.8) is 0 Å². The summed E-state index contributed by atoms with van der Waals surface area (Å²) in [5, 5.41) is 5.86. The van der Waals surface area contributed by atoms with E-state index in [4.69, 9.17) is 0 Å². The first-order chi connectivity index (χ1) is 8.75. The highest BCUT2D eigenvalue weighted by molar-refractivity contribution is 7.07. The van der Waals surface area contributed by atoms with E-state index in [0.717, 1.165) is 24.3 Å². The predicted octanol–water partition coefficient (Wildman–Crippen LogP) is 3.74. The van der Waals surface area contributed by atoms with Crippen molar-refractivity contribution in [2.75, 3.05) is 13.1 Å². The summed E-state index contributed by atoms with van der Waals surface area (Å²) in [6, 6.07) is 0. The topological polar surface area (TPSA) is 24.9 Å². The van der Waals surface area contributed by atoms with Crippen LogP contribution in [-0.2, 0) is 6.42 Å². The molecule has 18 heavy (non-hydrogen) atoms. The maximum atomic E-state index is 4.46. The Labute approximate surface area is 115 Å². The molecule has 1 fully saturated rings. The summed E-state index contributed by atoms with van der Waals surface area (Å²) in [5.41, 5.74) is 3.26. The van der Waals surface area contributed by atoms with Crippen LogP contribution < -0.4 is 5.32 Å². The highest BCUT2D eigenvalue weighted by atomic mass is 32.1. The highest BCUT2D eigenvalue weighted by Crippen LogP contribution is 2.33. The fraction of sp³-hybridized carbons (Fsp3) is 0.800. The van der Waals surface area contributed by atoms with Crippen LogP contribution in [0.5, 0.6) is 0 Å². The van der Waals surface area contributed by atoms with Crippen molar-refractivity contribution in [1.29, 1.82) is 0 Å². The Bertz CT molecular complexity index is 315. The third-order valence-corrected chi connectivity index (χ3v) is 4.62. The highest BCUT2D eigenvalue weighted by Gasteiger charge is 2.25. The quantitative estimate of drug-likeness (QED) is 0.813. The van der Waals surface area contributed by atoms with Crippen molar-refractivity contribution in [3.8, 4) is 0 Å². The van der Waals surface area contributed by atoms with Crippen LogP contribution in [0.25, 0.3) is 0 Å². The van der Waals surface area contributed by atoms with Crippen LogP contribution in [0.2, 0.25) is 0 Å². The minimum Gasteiger partial charge on any atom is -0.316 e. The smallest absolute Gasteiger partial charge is 0.0794 e. The lowest BCUT2D eigenvalue weighted by Crippen LogP contribution is -2.31. The first kappa shape index (κ1) is 14.0. The summed E-state index contributed by atoms with van der Waals surface area (Å²) in [7, 11) is 0. The van der Waals surface area contributed by atoms with Crippen LogP contribution in [0.4, 0.5) is 0 Å². The van der Waals surface area contributed by atoms with Gasteiger partial charge >= 0.3 is 0 Å². The van der Waals surface area contributed by atoms with Gasteiger partial charge in [-0.15, -0.1) is 11.3 Å². The molecule has 0 saturated heterocycles. The molecule has 1 aliphatic rings. The van der Waals surface area contributed by atoms with Gasteiger partial charge in [0.2, 0.25) is 0 Å². The van der Waals surface area contributed by atoms with Gasteiger partial charge in [-0.25, -0.2) is 4.98 Å². The van der Waals surface area contributed by atoms with E-state index in [1.807, 2.05) is 5.51 Å². The number of thiazole rings is 1. The van der Waals surface area contributed by atoms with Gasteiger partial charge in [0.05, 0.1) is 11.2 Å². The van der Waals surface area contributed by atoms with Crippen molar-refractivity contribution in [3.05, 3.63) is 16.6 Å². The molecule has 0 aromatic carbocycles. The molecule has 0 amide bonds. The molecule has 0 aliphatic heterocycles. The van der Waals surface area contributed by atoms with E-state index in [-0.39, 0.29) is 0 Å². The van der Waals surface area contributed by atoms with Crippen LogP contribution in [0, 0.1) is 17.8 Å². The standard InChI is InChI=1S/C15H26N2S/c1-12(2)8-16-9-14(13-5-3-4-6-13)7-15-10-18-11-17-15/h10-14,16H,3-9H2,1-2H3. The zero-order valence-corrected chi connectivity index (χ0v) is 12.5. The molecule has 3 heteroatoms. The lowest BCUT2D eigenvalue weighted by Gasteiger charge is -2.23. The molecule has 1 saturated carbocycles. The van der Waals surface area contributed by atoms with Crippen LogP contribution >= 0.6 is 11.3 Å². The van der Waals surface area contributed by atoms with Crippen LogP contribution in [-0.4, -0.2) is 18.1 Å². The SMILES string of the molecule is CC(C)CNCC(Cc1cscn1)C1CCCC1. The van der Waals surface area contributed by atoms with Gasteiger partial charge in [0.25, 0.3) is 0 Å². The van der Waals surface area contributed by atoms with Gasteiger partial charge in [0.1, 0.15) is 0 Å². The Morgan fingerprint density at radius 1 is 1.33 bits per heavy atom. The summed E-state index contributed by atoms with van der Waals surface area (Å²) >= 11 is 1.72. The summed E-state index contributed by atoms with van der Waals surface area (Å²) in [4.78, 5) is 4.46. The molecule has 102 valence electrons. The summed E-state index contributed by atoms with van der Waals surface area (Å²) in [6.45, 7) is 6.86. The average molecular weight is 266 g/mol. The van der Waals surface area contributed by atoms with Crippen molar-refractivity contribution < 1.29 is 0 Å². The first-order valence-corrected chi connectivity index (χ1v) is 8.27. The van der Waals surface area contributed by atoms with Crippen LogP contribution in [0.3, 0.4) is 0 Å². The third-order valence-electron chi connectivity index (χ3n) is 3.98. The first-order valence-electron chi connectivity index (χ1n) is 7.33. The van der Waals surface area contributed by atoms with E-state index in [1.54, 1.807) is 11.3 Å². The van der Waals surface area contributed by atoms with E-state index >= 15 is 0 Å². The van der Waals surface area contributed by atoms with Gasteiger partial charge < -0.3 is 5.32 Å². The molecular formula is C15H26N2S. The Morgan fingerprint density at radius 3 is 2.72 bits per heavy atom. The van der Waals surface area contributed by atoms with E-state index in [1.165, 1.54) is 44.3 Å². The fourth-order valence-electron chi connectivity index (χ4n) is 3.00. The normalized spacial score (nSPS) is 18.6. The minimum absolute atomic E-state index is 0.744. The van der Waals surface area contributed by atoms with Gasteiger partial charge in [-0.1, -0.05) is 39.5 Å². The van der Waals surface area contributed by atoms with Crippen molar-refractivity contribution in [2.24, 2.45) is 17.8 Å². The molecule has 1 unspecified atom stereocenters.